The Morgan fingerprint density at radius 1 is 1.00 bits per heavy atom. The smallest absolute Gasteiger partial charge is 0.329 e. The third-order valence-electron chi connectivity index (χ3n) is 12.9. The number of hydrogen-bond acceptors (Lipinski definition) is 7. The molecule has 4 N–H and O–H groups in total. The number of aliphatic hydroxyl groups is 2. The van der Waals surface area contributed by atoms with Crippen molar-refractivity contribution in [2.45, 2.75) is 97.7 Å². The van der Waals surface area contributed by atoms with E-state index in [2.05, 4.69) is 33.0 Å². The molecule has 1 saturated heterocycles. The zero-order valence-corrected chi connectivity index (χ0v) is 27.4. The third-order valence-corrected chi connectivity index (χ3v) is 16.0. The molecule has 0 spiro atoms. The second kappa shape index (κ2) is 11.8. The lowest BCUT2D eigenvalue weighted by Gasteiger charge is -2.64. The first-order chi connectivity index (χ1) is 19.6. The molecular formula is C30H53N3O7S2. The Balaban J connectivity index is 1.19. The van der Waals surface area contributed by atoms with Gasteiger partial charge in [-0.25, -0.2) is 17.9 Å². The molecule has 1 unspecified atom stereocenters. The van der Waals surface area contributed by atoms with Crippen molar-refractivity contribution in [3.05, 3.63) is 0 Å². The molecule has 0 aromatic heterocycles. The van der Waals surface area contributed by atoms with Crippen LogP contribution in [0.25, 0.3) is 0 Å². The second-order valence-corrected chi connectivity index (χ2v) is 18.8. The number of carbonyl (C=O) groups excluding carboxylic acids is 1. The van der Waals surface area contributed by atoms with E-state index >= 15 is 0 Å². The number of carbonyl (C=O) groups is 1. The summed E-state index contributed by atoms with van der Waals surface area (Å²) in [6, 6.07) is -0.789. The Morgan fingerprint density at radius 3 is 2.31 bits per heavy atom. The highest BCUT2D eigenvalue weighted by atomic mass is 32.2. The molecule has 5 fully saturated rings. The van der Waals surface area contributed by atoms with Gasteiger partial charge in [-0.1, -0.05) is 34.1 Å². The molecule has 5 rings (SSSR count). The van der Waals surface area contributed by atoms with E-state index in [-0.39, 0.29) is 53.6 Å². The summed E-state index contributed by atoms with van der Waals surface area (Å²) in [5, 5.41) is 25.1. The molecule has 5 aliphatic rings. The summed E-state index contributed by atoms with van der Waals surface area (Å²) in [6.45, 7) is 9.37. The molecule has 10 nitrogen and oxygen atoms in total. The lowest BCUT2D eigenvalue weighted by atomic mass is 9.41. The van der Waals surface area contributed by atoms with Crippen LogP contribution in [0.2, 0.25) is 0 Å². The highest BCUT2D eigenvalue weighted by Gasteiger charge is 2.64. The normalized spacial score (nSPS) is 44.3. The summed E-state index contributed by atoms with van der Waals surface area (Å²) >= 11 is 0. The van der Waals surface area contributed by atoms with E-state index in [1.807, 2.05) is 4.72 Å². The van der Waals surface area contributed by atoms with Gasteiger partial charge >= 0.3 is 16.2 Å². The molecule has 2 amide bonds. The Hall–Kier alpha value is -0.950. The van der Waals surface area contributed by atoms with Crippen LogP contribution in [0.15, 0.2) is 0 Å². The number of urea groups is 1. The number of nitrogens with zero attached hydrogens (tertiary/aromatic N) is 1. The van der Waals surface area contributed by atoms with Gasteiger partial charge in [0, 0.05) is 19.6 Å². The van der Waals surface area contributed by atoms with Gasteiger partial charge in [-0.2, -0.15) is 12.7 Å². The molecule has 0 aromatic rings. The summed E-state index contributed by atoms with van der Waals surface area (Å²) in [5.41, 5.74) is 0.298. The molecule has 1 heterocycles. The molecule has 242 valence electrons. The van der Waals surface area contributed by atoms with Gasteiger partial charge in [-0.15, -0.1) is 0 Å². The lowest BCUT2D eigenvalue weighted by Crippen LogP contribution is -2.62. The fourth-order valence-electron chi connectivity index (χ4n) is 10.7. The zero-order chi connectivity index (χ0) is 30.7. The van der Waals surface area contributed by atoms with E-state index in [1.165, 1.54) is 0 Å². The standard InChI is InChI=1S/C30H53N3O7S2/c1-5-21-25-18-20(34)8-11-30(25,4)24-9-12-29(3)22(6-7-23(29)26(24)27(21)35)19(2)10-13-31-28(36)32-42(39,40)33-14-16-41(37,38)17-15-33/h19-27,34-35H,5-18H2,1-4H3,(H2,31,32,36)/t19-,20-,21-,22-,23+,24+,25?,26+,27-,29-,30-/m1/s1. The van der Waals surface area contributed by atoms with Crippen LogP contribution in [0.5, 0.6) is 0 Å². The maximum atomic E-state index is 12.6. The predicted molar refractivity (Wildman–Crippen MR) is 161 cm³/mol. The van der Waals surface area contributed by atoms with Gasteiger partial charge in [0.2, 0.25) is 0 Å². The largest absolute Gasteiger partial charge is 0.393 e. The quantitative estimate of drug-likeness (QED) is 0.337. The van der Waals surface area contributed by atoms with Gasteiger partial charge in [0.25, 0.3) is 0 Å². The monoisotopic (exact) mass is 631 g/mol. The number of hydrogen-bond donors (Lipinski definition) is 4. The van der Waals surface area contributed by atoms with Gasteiger partial charge in [-0.3, -0.25) is 0 Å². The van der Waals surface area contributed by atoms with E-state index < -0.39 is 26.1 Å². The molecule has 1 aliphatic heterocycles. The van der Waals surface area contributed by atoms with Crippen LogP contribution >= 0.6 is 0 Å². The molecule has 0 radical (unpaired) electrons. The van der Waals surface area contributed by atoms with E-state index in [1.54, 1.807) is 0 Å². The number of rotatable bonds is 7. The summed E-state index contributed by atoms with van der Waals surface area (Å²) in [7, 11) is -7.33. The number of fused-ring (bicyclic) bond motifs is 5. The van der Waals surface area contributed by atoms with E-state index in [4.69, 9.17) is 0 Å². The summed E-state index contributed by atoms with van der Waals surface area (Å²) in [5.74, 6) is 2.19. The molecule has 0 bridgehead atoms. The van der Waals surface area contributed by atoms with Gasteiger partial charge in [0.05, 0.1) is 23.7 Å². The lowest BCUT2D eigenvalue weighted by molar-refractivity contribution is -0.203. The first kappa shape index (κ1) is 32.4. The fraction of sp³-hybridized carbons (Fsp3) is 0.967. The van der Waals surface area contributed by atoms with Crippen LogP contribution in [0.3, 0.4) is 0 Å². The Bertz CT molecular complexity index is 1220. The average Bonchev–Trinajstić information content (AvgIpc) is 3.26. The van der Waals surface area contributed by atoms with Crippen molar-refractivity contribution < 1.29 is 31.8 Å². The van der Waals surface area contributed by atoms with Crippen molar-refractivity contribution in [2.24, 2.45) is 52.3 Å². The zero-order valence-electron chi connectivity index (χ0n) is 25.8. The fourth-order valence-corrected chi connectivity index (χ4v) is 13.2. The highest BCUT2D eigenvalue weighted by Crippen LogP contribution is 2.69. The van der Waals surface area contributed by atoms with Crippen LogP contribution in [0.1, 0.15) is 85.5 Å². The van der Waals surface area contributed by atoms with Crippen LogP contribution in [-0.4, -0.2) is 80.7 Å². The van der Waals surface area contributed by atoms with Gasteiger partial charge in [0.15, 0.2) is 9.84 Å². The second-order valence-electron chi connectivity index (χ2n) is 14.8. The third kappa shape index (κ3) is 5.76. The van der Waals surface area contributed by atoms with Gasteiger partial charge in [-0.05, 0) is 104 Å². The average molecular weight is 632 g/mol. The van der Waals surface area contributed by atoms with Gasteiger partial charge in [0.1, 0.15) is 0 Å². The van der Waals surface area contributed by atoms with Crippen molar-refractivity contribution in [3.63, 3.8) is 0 Å². The van der Waals surface area contributed by atoms with Gasteiger partial charge < -0.3 is 15.5 Å². The number of nitrogens with one attached hydrogen (secondary N) is 2. The topological polar surface area (TPSA) is 153 Å². The van der Waals surface area contributed by atoms with Crippen molar-refractivity contribution in [1.29, 1.82) is 0 Å². The Labute approximate surface area is 252 Å². The minimum absolute atomic E-state index is 0.122. The molecular weight excluding hydrogens is 578 g/mol. The number of sulfone groups is 1. The van der Waals surface area contributed by atoms with Crippen LogP contribution in [0, 0.1) is 52.3 Å². The minimum atomic E-state index is -4.10. The van der Waals surface area contributed by atoms with E-state index in [9.17, 15) is 31.8 Å². The van der Waals surface area contributed by atoms with Crippen LogP contribution in [-0.2, 0) is 20.0 Å². The van der Waals surface area contributed by atoms with Crippen LogP contribution in [0.4, 0.5) is 4.79 Å². The summed E-state index contributed by atoms with van der Waals surface area (Å²) in [4.78, 5) is 12.5. The molecule has 4 aliphatic carbocycles. The first-order valence-corrected chi connectivity index (χ1v) is 19.5. The summed E-state index contributed by atoms with van der Waals surface area (Å²) in [6.07, 6.45) is 8.31. The number of amides is 2. The first-order valence-electron chi connectivity index (χ1n) is 16.2. The van der Waals surface area contributed by atoms with Crippen molar-refractivity contribution in [2.75, 3.05) is 31.1 Å². The Kier molecular flexibility index (Phi) is 9.09. The minimum Gasteiger partial charge on any atom is -0.393 e. The Morgan fingerprint density at radius 2 is 1.64 bits per heavy atom. The molecule has 42 heavy (non-hydrogen) atoms. The maximum absolute atomic E-state index is 12.6. The number of aliphatic hydroxyl groups excluding tert-OH is 2. The molecule has 4 saturated carbocycles. The highest BCUT2D eigenvalue weighted by molar-refractivity contribution is 7.92. The van der Waals surface area contributed by atoms with Crippen molar-refractivity contribution in [3.8, 4) is 0 Å². The summed E-state index contributed by atoms with van der Waals surface area (Å²) < 4.78 is 51.4. The molecule has 12 heteroatoms. The SMILES string of the molecule is CC[C@@H]1C2C[C@H](O)CC[C@]2(C)[C@H]2CC[C@]3(C)[C@@H]([C@H](C)CCNC(=O)NS(=O)(=O)N4CCS(=O)(=O)CC4)CC[C@H]3[C@@H]2[C@@H]1O. The van der Waals surface area contributed by atoms with Crippen molar-refractivity contribution in [1.82, 2.24) is 14.3 Å². The van der Waals surface area contributed by atoms with Crippen LogP contribution < -0.4 is 10.0 Å². The maximum Gasteiger partial charge on any atom is 0.329 e. The molecule has 0 aromatic carbocycles. The van der Waals surface area contributed by atoms with Crippen molar-refractivity contribution >= 4 is 26.1 Å². The molecule has 11 atom stereocenters. The predicted octanol–water partition coefficient (Wildman–Crippen LogP) is 2.91. The van der Waals surface area contributed by atoms with E-state index in [0.717, 1.165) is 62.1 Å². The van der Waals surface area contributed by atoms with E-state index in [0.29, 0.717) is 42.1 Å².